The molecule has 6 nitrogen and oxygen atoms in total. The number of carbonyl (C=O) groups excluding carboxylic acids is 1. The van der Waals surface area contributed by atoms with Crippen molar-refractivity contribution in [2.75, 3.05) is 25.7 Å². The van der Waals surface area contributed by atoms with Crippen molar-refractivity contribution in [2.45, 2.75) is 19.9 Å². The lowest BCUT2D eigenvalue weighted by atomic mass is 10.1. The number of sulfone groups is 1. The Hall–Kier alpha value is -1.76. The SMILES string of the molecule is CCOc1cc(C(CS(C)(=O)=O)NC(C)=O)ccc1OC. The lowest BCUT2D eigenvalue weighted by Crippen LogP contribution is -2.31. The smallest absolute Gasteiger partial charge is 0.217 e. The first kappa shape index (κ1) is 17.3. The van der Waals surface area contributed by atoms with Gasteiger partial charge in [-0.05, 0) is 24.6 Å². The van der Waals surface area contributed by atoms with Gasteiger partial charge in [-0.25, -0.2) is 8.42 Å². The molecule has 1 aromatic rings. The summed E-state index contributed by atoms with van der Waals surface area (Å²) >= 11 is 0. The minimum atomic E-state index is -3.24. The monoisotopic (exact) mass is 315 g/mol. The summed E-state index contributed by atoms with van der Waals surface area (Å²) in [5.41, 5.74) is 0.653. The van der Waals surface area contributed by atoms with Gasteiger partial charge in [-0.3, -0.25) is 4.79 Å². The quantitative estimate of drug-likeness (QED) is 0.820. The van der Waals surface area contributed by atoms with Gasteiger partial charge in [0.2, 0.25) is 5.91 Å². The van der Waals surface area contributed by atoms with E-state index in [0.717, 1.165) is 6.26 Å². The molecule has 1 N–H and O–H groups in total. The van der Waals surface area contributed by atoms with Gasteiger partial charge >= 0.3 is 0 Å². The van der Waals surface area contributed by atoms with Gasteiger partial charge in [-0.2, -0.15) is 0 Å². The van der Waals surface area contributed by atoms with E-state index < -0.39 is 15.9 Å². The second kappa shape index (κ2) is 7.31. The summed E-state index contributed by atoms with van der Waals surface area (Å²) in [7, 11) is -1.72. The molecule has 0 heterocycles. The van der Waals surface area contributed by atoms with E-state index in [9.17, 15) is 13.2 Å². The van der Waals surface area contributed by atoms with Crippen molar-refractivity contribution < 1.29 is 22.7 Å². The molecule has 0 aromatic heterocycles. The zero-order chi connectivity index (χ0) is 16.0. The van der Waals surface area contributed by atoms with E-state index in [2.05, 4.69) is 5.32 Å². The first-order valence-electron chi connectivity index (χ1n) is 6.52. The van der Waals surface area contributed by atoms with Crippen molar-refractivity contribution in [3.63, 3.8) is 0 Å². The van der Waals surface area contributed by atoms with Gasteiger partial charge in [-0.15, -0.1) is 0 Å². The molecule has 1 atom stereocenters. The van der Waals surface area contributed by atoms with Crippen molar-refractivity contribution in [1.29, 1.82) is 0 Å². The van der Waals surface area contributed by atoms with Gasteiger partial charge in [0.05, 0.1) is 25.5 Å². The molecule has 21 heavy (non-hydrogen) atoms. The van der Waals surface area contributed by atoms with E-state index in [4.69, 9.17) is 9.47 Å². The van der Waals surface area contributed by atoms with E-state index in [1.165, 1.54) is 14.0 Å². The van der Waals surface area contributed by atoms with Crippen LogP contribution in [0.4, 0.5) is 0 Å². The summed E-state index contributed by atoms with van der Waals surface area (Å²) in [4.78, 5) is 11.3. The molecule has 0 radical (unpaired) electrons. The van der Waals surface area contributed by atoms with Gasteiger partial charge in [-0.1, -0.05) is 6.07 Å². The van der Waals surface area contributed by atoms with Crippen molar-refractivity contribution >= 4 is 15.7 Å². The molecular weight excluding hydrogens is 294 g/mol. The average molecular weight is 315 g/mol. The molecule has 7 heteroatoms. The van der Waals surface area contributed by atoms with Crippen molar-refractivity contribution in [3.8, 4) is 11.5 Å². The van der Waals surface area contributed by atoms with Crippen molar-refractivity contribution in [1.82, 2.24) is 5.32 Å². The molecule has 1 aromatic carbocycles. The Morgan fingerprint density at radius 1 is 1.33 bits per heavy atom. The van der Waals surface area contributed by atoms with Crippen molar-refractivity contribution in [2.24, 2.45) is 0 Å². The first-order chi connectivity index (χ1) is 9.76. The number of carbonyl (C=O) groups is 1. The fraction of sp³-hybridized carbons (Fsp3) is 0.500. The van der Waals surface area contributed by atoms with Crippen LogP contribution in [-0.2, 0) is 14.6 Å². The van der Waals surface area contributed by atoms with Gasteiger partial charge in [0, 0.05) is 13.2 Å². The summed E-state index contributed by atoms with van der Waals surface area (Å²) < 4.78 is 33.7. The number of hydrogen-bond donors (Lipinski definition) is 1. The Balaban J connectivity index is 3.17. The fourth-order valence-corrected chi connectivity index (χ4v) is 2.83. The molecule has 0 bridgehead atoms. The molecule has 1 amide bonds. The molecule has 0 saturated carbocycles. The molecule has 0 fully saturated rings. The molecule has 0 spiro atoms. The van der Waals surface area contributed by atoms with Gasteiger partial charge in [0.25, 0.3) is 0 Å². The predicted octanol–water partition coefficient (Wildman–Crippen LogP) is 1.32. The topological polar surface area (TPSA) is 81.7 Å². The average Bonchev–Trinajstić information content (AvgIpc) is 2.36. The van der Waals surface area contributed by atoms with Crippen LogP contribution in [0, 0.1) is 0 Å². The zero-order valence-corrected chi connectivity index (χ0v) is 13.5. The van der Waals surface area contributed by atoms with Gasteiger partial charge in [0.15, 0.2) is 11.5 Å². The number of amides is 1. The van der Waals surface area contributed by atoms with Crippen LogP contribution in [0.15, 0.2) is 18.2 Å². The molecule has 1 unspecified atom stereocenters. The van der Waals surface area contributed by atoms with Crippen LogP contribution in [0.25, 0.3) is 0 Å². The maximum atomic E-state index is 11.5. The standard InChI is InChI=1S/C14H21NO5S/c1-5-20-14-8-11(6-7-13(14)19-3)12(15-10(2)16)9-21(4,17)18/h6-8,12H,5,9H2,1-4H3,(H,15,16). The number of benzene rings is 1. The number of nitrogens with one attached hydrogen (secondary N) is 1. The minimum Gasteiger partial charge on any atom is -0.493 e. The maximum Gasteiger partial charge on any atom is 0.217 e. The Morgan fingerprint density at radius 3 is 2.48 bits per heavy atom. The normalized spacial score (nSPS) is 12.6. The second-order valence-electron chi connectivity index (χ2n) is 4.69. The van der Waals surface area contributed by atoms with Crippen LogP contribution in [-0.4, -0.2) is 40.1 Å². The van der Waals surface area contributed by atoms with Gasteiger partial charge < -0.3 is 14.8 Å². The molecule has 0 aliphatic heterocycles. The lowest BCUT2D eigenvalue weighted by molar-refractivity contribution is -0.119. The highest BCUT2D eigenvalue weighted by atomic mass is 32.2. The maximum absolute atomic E-state index is 11.5. The Bertz CT molecular complexity index is 597. The zero-order valence-electron chi connectivity index (χ0n) is 12.7. The van der Waals surface area contributed by atoms with Crippen LogP contribution in [0.5, 0.6) is 11.5 Å². The molecular formula is C14H21NO5S. The van der Waals surface area contributed by atoms with E-state index in [1.807, 2.05) is 6.92 Å². The van der Waals surface area contributed by atoms with Crippen molar-refractivity contribution in [3.05, 3.63) is 23.8 Å². The predicted molar refractivity (Wildman–Crippen MR) is 80.4 cm³/mol. The summed E-state index contributed by atoms with van der Waals surface area (Å²) in [6, 6.07) is 4.47. The van der Waals surface area contributed by atoms with Crippen LogP contribution >= 0.6 is 0 Å². The van der Waals surface area contributed by atoms with Crippen LogP contribution in [0.1, 0.15) is 25.5 Å². The minimum absolute atomic E-state index is 0.176. The molecule has 0 aliphatic rings. The summed E-state index contributed by atoms with van der Waals surface area (Å²) in [5.74, 6) is 0.602. The number of methoxy groups -OCH3 is 1. The third-order valence-electron chi connectivity index (χ3n) is 2.74. The van der Waals surface area contributed by atoms with Crippen LogP contribution in [0.2, 0.25) is 0 Å². The third-order valence-corrected chi connectivity index (χ3v) is 3.68. The summed E-state index contributed by atoms with van der Waals surface area (Å²) in [5, 5.41) is 2.65. The number of hydrogen-bond acceptors (Lipinski definition) is 5. The molecule has 1 rings (SSSR count). The molecule has 118 valence electrons. The largest absolute Gasteiger partial charge is 0.493 e. The highest BCUT2D eigenvalue weighted by Gasteiger charge is 2.20. The third kappa shape index (κ3) is 5.63. The van der Waals surface area contributed by atoms with Crippen LogP contribution in [0.3, 0.4) is 0 Å². The van der Waals surface area contributed by atoms with Gasteiger partial charge in [0.1, 0.15) is 9.84 Å². The van der Waals surface area contributed by atoms with E-state index in [0.29, 0.717) is 23.7 Å². The van der Waals surface area contributed by atoms with Crippen LogP contribution < -0.4 is 14.8 Å². The first-order valence-corrected chi connectivity index (χ1v) is 8.58. The summed E-state index contributed by atoms with van der Waals surface area (Å²) in [6.07, 6.45) is 1.13. The molecule has 0 saturated heterocycles. The highest BCUT2D eigenvalue weighted by molar-refractivity contribution is 7.90. The Morgan fingerprint density at radius 2 is 2.00 bits per heavy atom. The Labute approximate surface area is 125 Å². The number of rotatable bonds is 7. The second-order valence-corrected chi connectivity index (χ2v) is 6.87. The highest BCUT2D eigenvalue weighted by Crippen LogP contribution is 2.30. The Kier molecular flexibility index (Phi) is 6.02. The summed E-state index contributed by atoms with van der Waals surface area (Å²) in [6.45, 7) is 3.65. The van der Waals surface area contributed by atoms with E-state index in [1.54, 1.807) is 18.2 Å². The van der Waals surface area contributed by atoms with E-state index >= 15 is 0 Å². The molecule has 0 aliphatic carbocycles. The fourth-order valence-electron chi connectivity index (χ4n) is 1.95. The number of ether oxygens (including phenoxy) is 2. The van der Waals surface area contributed by atoms with E-state index in [-0.39, 0.29) is 11.7 Å². The lowest BCUT2D eigenvalue weighted by Gasteiger charge is -2.19.